The van der Waals surface area contributed by atoms with E-state index in [1.807, 2.05) is 0 Å². The van der Waals surface area contributed by atoms with Crippen LogP contribution in [0.3, 0.4) is 0 Å². The van der Waals surface area contributed by atoms with Gasteiger partial charge in [0.1, 0.15) is 0 Å². The average molecular weight is 241 g/mol. The number of hydrogen-bond donors (Lipinski definition) is 1. The molecule has 1 nitrogen and oxygen atoms in total. The Labute approximate surface area is 110 Å². The van der Waals surface area contributed by atoms with Gasteiger partial charge in [0, 0.05) is 6.04 Å². The Morgan fingerprint density at radius 2 is 1.29 bits per heavy atom. The van der Waals surface area contributed by atoms with Gasteiger partial charge in [0.2, 0.25) is 0 Å². The third kappa shape index (κ3) is 13.9. The smallest absolute Gasteiger partial charge is 0.00411 e. The molecular weight excluding hydrogens is 206 g/mol. The molecule has 1 atom stereocenters. The molecule has 17 heavy (non-hydrogen) atoms. The van der Waals surface area contributed by atoms with E-state index in [-0.39, 0.29) is 0 Å². The topological polar surface area (TPSA) is 12.0 Å². The lowest BCUT2D eigenvalue weighted by molar-refractivity contribution is 0.433. The standard InChI is InChI=1S/C16H35N/c1-5-6-7-8-9-10-11-12-13-17-16(4)14-15(2)3/h15-17H,5-14H2,1-4H3. The first-order valence-corrected chi connectivity index (χ1v) is 7.90. The van der Waals surface area contributed by atoms with Gasteiger partial charge in [-0.2, -0.15) is 0 Å². The zero-order valence-corrected chi connectivity index (χ0v) is 12.7. The van der Waals surface area contributed by atoms with E-state index in [1.165, 1.54) is 64.3 Å². The van der Waals surface area contributed by atoms with Crippen molar-refractivity contribution < 1.29 is 0 Å². The van der Waals surface area contributed by atoms with Gasteiger partial charge in [-0.05, 0) is 32.2 Å². The van der Waals surface area contributed by atoms with Crippen LogP contribution in [0, 0.1) is 5.92 Å². The Balaban J connectivity index is 3.07. The molecule has 1 N–H and O–H groups in total. The van der Waals surface area contributed by atoms with E-state index in [2.05, 4.69) is 33.0 Å². The van der Waals surface area contributed by atoms with Gasteiger partial charge in [0.25, 0.3) is 0 Å². The van der Waals surface area contributed by atoms with Crippen LogP contribution < -0.4 is 5.32 Å². The summed E-state index contributed by atoms with van der Waals surface area (Å²) in [5.41, 5.74) is 0. The molecule has 0 heterocycles. The maximum atomic E-state index is 3.63. The summed E-state index contributed by atoms with van der Waals surface area (Å²) in [7, 11) is 0. The molecule has 0 rings (SSSR count). The zero-order chi connectivity index (χ0) is 12.9. The lowest BCUT2D eigenvalue weighted by atomic mass is 10.0. The Kier molecular flexibility index (Phi) is 12.4. The van der Waals surface area contributed by atoms with Gasteiger partial charge in [0.15, 0.2) is 0 Å². The summed E-state index contributed by atoms with van der Waals surface area (Å²) in [6.45, 7) is 10.4. The summed E-state index contributed by atoms with van der Waals surface area (Å²) in [5, 5.41) is 3.63. The van der Waals surface area contributed by atoms with Gasteiger partial charge in [-0.3, -0.25) is 0 Å². The average Bonchev–Trinajstić information content (AvgIpc) is 2.26. The van der Waals surface area contributed by atoms with Crippen molar-refractivity contribution in [2.45, 2.75) is 91.5 Å². The molecule has 0 aromatic heterocycles. The number of nitrogens with one attached hydrogen (secondary N) is 1. The molecule has 1 heteroatoms. The van der Waals surface area contributed by atoms with Gasteiger partial charge in [-0.25, -0.2) is 0 Å². The number of hydrogen-bond acceptors (Lipinski definition) is 1. The first-order chi connectivity index (χ1) is 8.16. The van der Waals surface area contributed by atoms with Crippen LogP contribution in [-0.2, 0) is 0 Å². The summed E-state index contributed by atoms with van der Waals surface area (Å²) in [4.78, 5) is 0. The van der Waals surface area contributed by atoms with E-state index < -0.39 is 0 Å². The Morgan fingerprint density at radius 3 is 1.82 bits per heavy atom. The molecule has 0 spiro atoms. The molecule has 104 valence electrons. The predicted molar refractivity (Wildman–Crippen MR) is 79.5 cm³/mol. The molecule has 0 saturated heterocycles. The van der Waals surface area contributed by atoms with Gasteiger partial charge >= 0.3 is 0 Å². The molecule has 0 bridgehead atoms. The van der Waals surface area contributed by atoms with Crippen molar-refractivity contribution in [1.82, 2.24) is 5.32 Å². The first kappa shape index (κ1) is 17.0. The predicted octanol–water partition coefficient (Wildman–Crippen LogP) is 5.15. The van der Waals surface area contributed by atoms with E-state index >= 15 is 0 Å². The molecule has 0 aliphatic heterocycles. The quantitative estimate of drug-likeness (QED) is 0.466. The van der Waals surface area contributed by atoms with E-state index in [1.54, 1.807) is 0 Å². The fourth-order valence-electron chi connectivity index (χ4n) is 2.40. The van der Waals surface area contributed by atoms with Crippen LogP contribution in [0.1, 0.15) is 85.5 Å². The molecule has 1 unspecified atom stereocenters. The van der Waals surface area contributed by atoms with Crippen molar-refractivity contribution in [1.29, 1.82) is 0 Å². The van der Waals surface area contributed by atoms with Crippen molar-refractivity contribution in [3.63, 3.8) is 0 Å². The van der Waals surface area contributed by atoms with Crippen LogP contribution in [0.5, 0.6) is 0 Å². The molecule has 0 aliphatic carbocycles. The van der Waals surface area contributed by atoms with E-state index in [4.69, 9.17) is 0 Å². The minimum absolute atomic E-state index is 0.694. The van der Waals surface area contributed by atoms with Gasteiger partial charge in [-0.15, -0.1) is 0 Å². The van der Waals surface area contributed by atoms with E-state index in [0.29, 0.717) is 6.04 Å². The van der Waals surface area contributed by atoms with Crippen LogP contribution in [0.4, 0.5) is 0 Å². The second kappa shape index (κ2) is 12.4. The third-order valence-electron chi connectivity index (χ3n) is 3.35. The van der Waals surface area contributed by atoms with Crippen LogP contribution in [0.25, 0.3) is 0 Å². The molecule has 0 amide bonds. The summed E-state index contributed by atoms with van der Waals surface area (Å²) in [5.74, 6) is 0.816. The first-order valence-electron chi connectivity index (χ1n) is 7.90. The molecule has 0 saturated carbocycles. The third-order valence-corrected chi connectivity index (χ3v) is 3.35. The van der Waals surface area contributed by atoms with Crippen molar-refractivity contribution in [3.05, 3.63) is 0 Å². The highest BCUT2D eigenvalue weighted by Crippen LogP contribution is 2.08. The lowest BCUT2D eigenvalue weighted by Crippen LogP contribution is -2.28. The monoisotopic (exact) mass is 241 g/mol. The lowest BCUT2D eigenvalue weighted by Gasteiger charge is -2.15. The van der Waals surface area contributed by atoms with Gasteiger partial charge in [0.05, 0.1) is 0 Å². The van der Waals surface area contributed by atoms with Crippen molar-refractivity contribution >= 4 is 0 Å². The van der Waals surface area contributed by atoms with Crippen LogP contribution in [0.2, 0.25) is 0 Å². The largest absolute Gasteiger partial charge is 0.314 e. The molecule has 0 aromatic carbocycles. The second-order valence-electron chi connectivity index (χ2n) is 5.96. The molecule has 0 radical (unpaired) electrons. The molecular formula is C16H35N. The van der Waals surface area contributed by atoms with E-state index in [9.17, 15) is 0 Å². The minimum atomic E-state index is 0.694. The maximum Gasteiger partial charge on any atom is 0.00411 e. The molecule has 0 fully saturated rings. The SMILES string of the molecule is CCCCCCCCCCNC(C)CC(C)C. The Hall–Kier alpha value is -0.0400. The summed E-state index contributed by atoms with van der Waals surface area (Å²) in [6.07, 6.45) is 12.6. The molecule has 0 aromatic rings. The van der Waals surface area contributed by atoms with Crippen LogP contribution in [0.15, 0.2) is 0 Å². The normalized spacial score (nSPS) is 13.2. The minimum Gasteiger partial charge on any atom is -0.314 e. The zero-order valence-electron chi connectivity index (χ0n) is 12.7. The van der Waals surface area contributed by atoms with Crippen LogP contribution >= 0.6 is 0 Å². The van der Waals surface area contributed by atoms with E-state index in [0.717, 1.165) is 5.92 Å². The Morgan fingerprint density at radius 1 is 0.765 bits per heavy atom. The summed E-state index contributed by atoms with van der Waals surface area (Å²) >= 11 is 0. The second-order valence-corrected chi connectivity index (χ2v) is 5.96. The Bertz CT molecular complexity index is 142. The van der Waals surface area contributed by atoms with Gasteiger partial charge in [-0.1, -0.05) is 65.7 Å². The van der Waals surface area contributed by atoms with Gasteiger partial charge < -0.3 is 5.32 Å². The highest BCUT2D eigenvalue weighted by molar-refractivity contribution is 4.62. The highest BCUT2D eigenvalue weighted by Gasteiger charge is 2.02. The van der Waals surface area contributed by atoms with Crippen molar-refractivity contribution in [2.75, 3.05) is 6.54 Å². The highest BCUT2D eigenvalue weighted by atomic mass is 14.9. The maximum absolute atomic E-state index is 3.63. The van der Waals surface area contributed by atoms with Crippen molar-refractivity contribution in [3.8, 4) is 0 Å². The molecule has 0 aliphatic rings. The fourth-order valence-corrected chi connectivity index (χ4v) is 2.40. The van der Waals surface area contributed by atoms with Crippen molar-refractivity contribution in [2.24, 2.45) is 5.92 Å². The summed E-state index contributed by atoms with van der Waals surface area (Å²) < 4.78 is 0. The fraction of sp³-hybridized carbons (Fsp3) is 1.00. The number of rotatable bonds is 12. The van der Waals surface area contributed by atoms with Crippen LogP contribution in [-0.4, -0.2) is 12.6 Å². The summed E-state index contributed by atoms with van der Waals surface area (Å²) in [6, 6.07) is 0.694. The number of unbranched alkanes of at least 4 members (excludes halogenated alkanes) is 7.